The van der Waals surface area contributed by atoms with Gasteiger partial charge in [-0.3, -0.25) is 9.59 Å². The quantitative estimate of drug-likeness (QED) is 0.881. The van der Waals surface area contributed by atoms with Crippen molar-refractivity contribution in [3.05, 3.63) is 35.4 Å². The Kier molecular flexibility index (Phi) is 4.32. The minimum atomic E-state index is -4.46. The third kappa shape index (κ3) is 2.87. The first kappa shape index (κ1) is 18.7. The van der Waals surface area contributed by atoms with E-state index in [1.165, 1.54) is 11.0 Å². The SMILES string of the molecule is CC(C)C1(C(=O)O)CCN(C(=O)C2(c3cccc(C(F)(F)F)c3)CC2)C1. The first-order chi connectivity index (χ1) is 12.0. The fourth-order valence-electron chi connectivity index (χ4n) is 3.95. The number of hydrogen-bond donors (Lipinski definition) is 1. The van der Waals surface area contributed by atoms with Gasteiger partial charge in [-0.15, -0.1) is 0 Å². The molecule has 1 aromatic carbocycles. The largest absolute Gasteiger partial charge is 0.481 e. The van der Waals surface area contributed by atoms with Gasteiger partial charge in [0.2, 0.25) is 5.91 Å². The Morgan fingerprint density at radius 1 is 1.19 bits per heavy atom. The van der Waals surface area contributed by atoms with Crippen LogP contribution < -0.4 is 0 Å². The van der Waals surface area contributed by atoms with Gasteiger partial charge >= 0.3 is 12.1 Å². The van der Waals surface area contributed by atoms with E-state index in [1.807, 2.05) is 13.8 Å². The second-order valence-corrected chi connectivity index (χ2v) is 7.75. The molecule has 0 radical (unpaired) electrons. The van der Waals surface area contributed by atoms with Crippen molar-refractivity contribution < 1.29 is 27.9 Å². The molecule has 1 saturated carbocycles. The van der Waals surface area contributed by atoms with Crippen LogP contribution in [0.15, 0.2) is 24.3 Å². The summed E-state index contributed by atoms with van der Waals surface area (Å²) in [5.41, 5.74) is -2.32. The Balaban J connectivity index is 1.86. The van der Waals surface area contributed by atoms with E-state index < -0.39 is 28.5 Å². The maximum absolute atomic E-state index is 13.1. The third-order valence-electron chi connectivity index (χ3n) is 6.02. The standard InChI is InChI=1S/C19H22F3NO3/c1-12(2)18(16(25)26)8-9-23(11-18)15(24)17(6-7-17)13-4-3-5-14(10-13)19(20,21)22/h3-5,10,12H,6-9,11H2,1-2H3,(H,25,26). The minimum absolute atomic E-state index is 0.111. The molecule has 7 heteroatoms. The summed E-state index contributed by atoms with van der Waals surface area (Å²) in [7, 11) is 0. The smallest absolute Gasteiger partial charge is 0.416 e. The number of likely N-dealkylation sites (tertiary alicyclic amines) is 1. The van der Waals surface area contributed by atoms with Crippen molar-refractivity contribution in [3.63, 3.8) is 0 Å². The second kappa shape index (κ2) is 5.99. The number of nitrogens with zero attached hydrogens (tertiary/aromatic N) is 1. The molecule has 0 spiro atoms. The van der Waals surface area contributed by atoms with Gasteiger partial charge in [0, 0.05) is 13.1 Å². The summed E-state index contributed by atoms with van der Waals surface area (Å²) in [6.07, 6.45) is -3.11. The first-order valence-electron chi connectivity index (χ1n) is 8.73. The Morgan fingerprint density at radius 2 is 1.85 bits per heavy atom. The van der Waals surface area contributed by atoms with Gasteiger partial charge in [0.1, 0.15) is 0 Å². The molecule has 3 rings (SSSR count). The van der Waals surface area contributed by atoms with Gasteiger partial charge in [-0.25, -0.2) is 0 Å². The van der Waals surface area contributed by atoms with E-state index in [4.69, 9.17) is 0 Å². The molecule has 1 amide bonds. The van der Waals surface area contributed by atoms with Crippen molar-refractivity contribution in [2.75, 3.05) is 13.1 Å². The van der Waals surface area contributed by atoms with Crippen LogP contribution in [0.3, 0.4) is 0 Å². The molecule has 1 unspecified atom stereocenters. The molecule has 2 fully saturated rings. The maximum Gasteiger partial charge on any atom is 0.416 e. The lowest BCUT2D eigenvalue weighted by Crippen LogP contribution is -2.43. The van der Waals surface area contributed by atoms with Crippen molar-refractivity contribution in [1.82, 2.24) is 4.90 Å². The molecule has 1 saturated heterocycles. The average molecular weight is 369 g/mol. The molecule has 26 heavy (non-hydrogen) atoms. The number of carboxylic acids is 1. The molecule has 2 aliphatic rings. The lowest BCUT2D eigenvalue weighted by Gasteiger charge is -2.30. The number of carbonyl (C=O) groups is 2. The molecule has 1 aliphatic carbocycles. The van der Waals surface area contributed by atoms with Crippen LogP contribution in [0.5, 0.6) is 0 Å². The van der Waals surface area contributed by atoms with Gasteiger partial charge in [-0.2, -0.15) is 13.2 Å². The van der Waals surface area contributed by atoms with E-state index in [1.54, 1.807) is 6.07 Å². The summed E-state index contributed by atoms with van der Waals surface area (Å²) >= 11 is 0. The summed E-state index contributed by atoms with van der Waals surface area (Å²) in [5.74, 6) is -1.31. The zero-order chi connectivity index (χ0) is 19.3. The van der Waals surface area contributed by atoms with E-state index in [0.717, 1.165) is 12.1 Å². The topological polar surface area (TPSA) is 57.6 Å². The lowest BCUT2D eigenvalue weighted by atomic mass is 9.76. The molecule has 1 atom stereocenters. The van der Waals surface area contributed by atoms with Gasteiger partial charge in [0.15, 0.2) is 0 Å². The number of amides is 1. The van der Waals surface area contributed by atoms with E-state index in [-0.39, 0.29) is 18.4 Å². The number of aliphatic carboxylic acids is 1. The number of rotatable bonds is 4. The van der Waals surface area contributed by atoms with Gasteiger partial charge in [0.25, 0.3) is 0 Å². The summed E-state index contributed by atoms with van der Waals surface area (Å²) in [6.45, 7) is 4.08. The fourth-order valence-corrected chi connectivity index (χ4v) is 3.95. The van der Waals surface area contributed by atoms with Crippen LogP contribution in [-0.4, -0.2) is 35.0 Å². The van der Waals surface area contributed by atoms with Crippen LogP contribution in [0.25, 0.3) is 0 Å². The number of benzene rings is 1. The zero-order valence-corrected chi connectivity index (χ0v) is 14.8. The van der Waals surface area contributed by atoms with Crippen LogP contribution in [-0.2, 0) is 21.2 Å². The normalized spacial score (nSPS) is 24.8. The molecule has 1 aliphatic heterocycles. The second-order valence-electron chi connectivity index (χ2n) is 7.75. The molecule has 142 valence electrons. The van der Waals surface area contributed by atoms with Crippen LogP contribution in [0.2, 0.25) is 0 Å². The number of carbonyl (C=O) groups excluding carboxylic acids is 1. The molecule has 1 aromatic rings. The number of alkyl halides is 3. The van der Waals surface area contributed by atoms with E-state index >= 15 is 0 Å². The molecular weight excluding hydrogens is 347 g/mol. The number of hydrogen-bond acceptors (Lipinski definition) is 2. The van der Waals surface area contributed by atoms with E-state index in [9.17, 15) is 27.9 Å². The molecule has 0 aromatic heterocycles. The van der Waals surface area contributed by atoms with Crippen LogP contribution in [0.4, 0.5) is 13.2 Å². The van der Waals surface area contributed by atoms with Crippen molar-refractivity contribution >= 4 is 11.9 Å². The molecule has 0 bridgehead atoms. The zero-order valence-electron chi connectivity index (χ0n) is 14.8. The van der Waals surface area contributed by atoms with Gasteiger partial charge in [-0.1, -0.05) is 32.0 Å². The van der Waals surface area contributed by atoms with Crippen LogP contribution in [0.1, 0.15) is 44.2 Å². The molecular formula is C19H22F3NO3. The Labute approximate surface area is 150 Å². The van der Waals surface area contributed by atoms with Gasteiger partial charge < -0.3 is 10.0 Å². The predicted octanol–water partition coefficient (Wildman–Crippen LogP) is 3.70. The fraction of sp³-hybridized carbons (Fsp3) is 0.579. The Morgan fingerprint density at radius 3 is 2.31 bits per heavy atom. The lowest BCUT2D eigenvalue weighted by molar-refractivity contribution is -0.151. The highest BCUT2D eigenvalue weighted by atomic mass is 19.4. The molecule has 1 N–H and O–H groups in total. The monoisotopic (exact) mass is 369 g/mol. The summed E-state index contributed by atoms with van der Waals surface area (Å²) in [6, 6.07) is 4.93. The predicted molar refractivity (Wildman–Crippen MR) is 88.5 cm³/mol. The van der Waals surface area contributed by atoms with Gasteiger partial charge in [0.05, 0.1) is 16.4 Å². The highest BCUT2D eigenvalue weighted by Gasteiger charge is 2.57. The Bertz CT molecular complexity index is 740. The van der Waals surface area contributed by atoms with E-state index in [2.05, 4.69) is 0 Å². The summed E-state index contributed by atoms with van der Waals surface area (Å²) < 4.78 is 39.0. The number of carboxylic acid groups (broad SMARTS) is 1. The minimum Gasteiger partial charge on any atom is -0.481 e. The van der Waals surface area contributed by atoms with Gasteiger partial charge in [-0.05, 0) is 36.8 Å². The maximum atomic E-state index is 13.1. The van der Waals surface area contributed by atoms with E-state index in [0.29, 0.717) is 31.4 Å². The van der Waals surface area contributed by atoms with Crippen LogP contribution >= 0.6 is 0 Å². The van der Waals surface area contributed by atoms with Crippen molar-refractivity contribution in [3.8, 4) is 0 Å². The molecule has 4 nitrogen and oxygen atoms in total. The molecule has 1 heterocycles. The van der Waals surface area contributed by atoms with Crippen molar-refractivity contribution in [2.24, 2.45) is 11.3 Å². The van der Waals surface area contributed by atoms with Crippen molar-refractivity contribution in [2.45, 2.75) is 44.7 Å². The number of halogens is 3. The summed E-state index contributed by atoms with van der Waals surface area (Å²) in [5, 5.41) is 9.63. The average Bonchev–Trinajstić information content (AvgIpc) is 3.24. The highest BCUT2D eigenvalue weighted by Crippen LogP contribution is 2.52. The Hall–Kier alpha value is -2.05. The highest BCUT2D eigenvalue weighted by molar-refractivity contribution is 5.92. The van der Waals surface area contributed by atoms with Crippen LogP contribution in [0, 0.1) is 11.3 Å². The first-order valence-corrected chi connectivity index (χ1v) is 8.73. The summed E-state index contributed by atoms with van der Waals surface area (Å²) in [4.78, 5) is 26.4. The van der Waals surface area contributed by atoms with Crippen molar-refractivity contribution in [1.29, 1.82) is 0 Å². The third-order valence-corrected chi connectivity index (χ3v) is 6.02.